The van der Waals surface area contributed by atoms with Gasteiger partial charge in [0.15, 0.2) is 0 Å². The first-order valence-electron chi connectivity index (χ1n) is 8.87. The van der Waals surface area contributed by atoms with Gasteiger partial charge in [-0.3, -0.25) is 24.2 Å². The van der Waals surface area contributed by atoms with Crippen molar-refractivity contribution < 1.29 is 19.3 Å². The van der Waals surface area contributed by atoms with E-state index in [9.17, 15) is 19.3 Å². The summed E-state index contributed by atoms with van der Waals surface area (Å²) in [6.45, 7) is 0.215. The third-order valence-corrected chi connectivity index (χ3v) is 7.73. The zero-order valence-electron chi connectivity index (χ0n) is 16.3. The van der Waals surface area contributed by atoms with Crippen molar-refractivity contribution in [3.63, 3.8) is 0 Å². The molecule has 1 aromatic carbocycles. The minimum atomic E-state index is -3.62. The number of nitrogens with zero attached hydrogens (tertiary/aromatic N) is 2. The third kappa shape index (κ3) is 6.41. The van der Waals surface area contributed by atoms with Crippen LogP contribution < -0.4 is 5.32 Å². The third-order valence-electron chi connectivity index (χ3n) is 4.29. The van der Waals surface area contributed by atoms with Crippen LogP contribution in [-0.2, 0) is 16.6 Å². The van der Waals surface area contributed by atoms with Crippen molar-refractivity contribution in [2.45, 2.75) is 46.0 Å². The molecule has 150 valence electrons. The van der Waals surface area contributed by atoms with Crippen molar-refractivity contribution in [2.75, 3.05) is 14.1 Å². The van der Waals surface area contributed by atoms with Crippen LogP contribution in [0, 0.1) is 6.92 Å². The van der Waals surface area contributed by atoms with Gasteiger partial charge in [0.2, 0.25) is 5.91 Å². The summed E-state index contributed by atoms with van der Waals surface area (Å²) in [5, 5.41) is 2.21. The van der Waals surface area contributed by atoms with Gasteiger partial charge < -0.3 is 4.89 Å². The molecule has 0 bridgehead atoms. The van der Waals surface area contributed by atoms with Crippen molar-refractivity contribution in [1.29, 1.82) is 0 Å². The lowest BCUT2D eigenvalue weighted by atomic mass is 10.1. The maximum absolute atomic E-state index is 12.4. The molecule has 1 atom stereocenters. The number of rotatable bonds is 8. The summed E-state index contributed by atoms with van der Waals surface area (Å²) in [6.07, 6.45) is 3.97. The minimum Gasteiger partial charge on any atom is -0.334 e. The standard InChI is InChI=1S/C18H28N3O4PS/c1-5-6-7-8-13-16(22)20(3)26(25,27)21(4)18(24)19-17(23)15-12-10-9-11-14(15)2/h9-12H,5-8,13H2,1-4H3,(H,25,27)(H,19,23,24). The zero-order chi connectivity index (χ0) is 20.6. The highest BCUT2D eigenvalue weighted by Crippen LogP contribution is 2.47. The Labute approximate surface area is 165 Å². The molecule has 7 nitrogen and oxygen atoms in total. The van der Waals surface area contributed by atoms with Gasteiger partial charge in [0.05, 0.1) is 0 Å². The number of nitrogens with one attached hydrogen (secondary N) is 1. The predicted octanol–water partition coefficient (Wildman–Crippen LogP) is 3.42. The molecule has 0 heterocycles. The minimum absolute atomic E-state index is 0.257. The average Bonchev–Trinajstić information content (AvgIpc) is 2.63. The van der Waals surface area contributed by atoms with Crippen LogP contribution in [0.25, 0.3) is 0 Å². The molecule has 0 fully saturated rings. The molecular weight excluding hydrogens is 385 g/mol. The van der Waals surface area contributed by atoms with Gasteiger partial charge in [-0.25, -0.2) is 4.79 Å². The average molecular weight is 413 g/mol. The van der Waals surface area contributed by atoms with E-state index in [1.165, 1.54) is 14.1 Å². The molecule has 0 radical (unpaired) electrons. The van der Waals surface area contributed by atoms with E-state index in [1.807, 2.05) is 0 Å². The van der Waals surface area contributed by atoms with Gasteiger partial charge in [0.1, 0.15) is 0 Å². The second-order valence-electron chi connectivity index (χ2n) is 6.34. The second-order valence-corrected chi connectivity index (χ2v) is 10.0. The van der Waals surface area contributed by atoms with Gasteiger partial charge in [0.25, 0.3) is 12.5 Å². The molecule has 1 unspecified atom stereocenters. The van der Waals surface area contributed by atoms with Crippen molar-refractivity contribution in [1.82, 2.24) is 14.7 Å². The number of urea groups is 1. The highest BCUT2D eigenvalue weighted by molar-refractivity contribution is 8.09. The van der Waals surface area contributed by atoms with Crippen LogP contribution in [-0.4, -0.2) is 46.2 Å². The summed E-state index contributed by atoms with van der Waals surface area (Å²) in [5.41, 5.74) is 1.07. The Bertz CT molecular complexity index is 741. The first-order valence-corrected chi connectivity index (χ1v) is 11.5. The molecule has 0 spiro atoms. The number of amides is 4. The summed E-state index contributed by atoms with van der Waals surface area (Å²) in [7, 11) is 2.66. The molecule has 9 heteroatoms. The smallest absolute Gasteiger partial charge is 0.330 e. The largest absolute Gasteiger partial charge is 0.334 e. The summed E-state index contributed by atoms with van der Waals surface area (Å²) >= 11 is 5.16. The molecule has 0 aliphatic carbocycles. The van der Waals surface area contributed by atoms with Crippen molar-refractivity contribution in [3.05, 3.63) is 35.4 Å². The van der Waals surface area contributed by atoms with Crippen LogP contribution >= 0.6 is 6.57 Å². The van der Waals surface area contributed by atoms with Crippen LogP contribution in [0.2, 0.25) is 0 Å². The van der Waals surface area contributed by atoms with Gasteiger partial charge in [-0.1, -0.05) is 44.4 Å². The number of unbranched alkanes of at least 4 members (excludes halogenated alkanes) is 3. The van der Waals surface area contributed by atoms with Crippen molar-refractivity contribution in [3.8, 4) is 0 Å². The summed E-state index contributed by atoms with van der Waals surface area (Å²) < 4.78 is 1.91. The fourth-order valence-electron chi connectivity index (χ4n) is 2.40. The quantitative estimate of drug-likeness (QED) is 0.503. The molecule has 2 N–H and O–H groups in total. The van der Waals surface area contributed by atoms with Crippen LogP contribution in [0.5, 0.6) is 0 Å². The first-order chi connectivity index (χ1) is 12.6. The van der Waals surface area contributed by atoms with E-state index < -0.39 is 18.5 Å². The van der Waals surface area contributed by atoms with E-state index in [0.717, 1.165) is 28.6 Å². The highest BCUT2D eigenvalue weighted by Gasteiger charge is 2.33. The van der Waals surface area contributed by atoms with E-state index in [0.29, 0.717) is 17.5 Å². The van der Waals surface area contributed by atoms with Crippen LogP contribution in [0.1, 0.15) is 54.9 Å². The fraction of sp³-hybridized carbons (Fsp3) is 0.500. The number of benzene rings is 1. The van der Waals surface area contributed by atoms with Gasteiger partial charge >= 0.3 is 6.03 Å². The topological polar surface area (TPSA) is 90.0 Å². The first kappa shape index (κ1) is 23.3. The molecular formula is C18H28N3O4PS. The molecule has 0 aliphatic rings. The Morgan fingerprint density at radius 3 is 2.33 bits per heavy atom. The number of hydrogen-bond acceptors (Lipinski definition) is 4. The van der Waals surface area contributed by atoms with Gasteiger partial charge in [-0.2, -0.15) is 0 Å². The van der Waals surface area contributed by atoms with E-state index in [1.54, 1.807) is 31.2 Å². The van der Waals surface area contributed by atoms with Gasteiger partial charge in [0, 0.05) is 26.1 Å². The van der Waals surface area contributed by atoms with Crippen LogP contribution in [0.15, 0.2) is 24.3 Å². The number of carbonyl (C=O) groups excluding carboxylic acids is 3. The molecule has 1 aromatic rings. The van der Waals surface area contributed by atoms with E-state index in [2.05, 4.69) is 12.2 Å². The molecule has 0 saturated heterocycles. The number of carbonyl (C=O) groups is 3. The lowest BCUT2D eigenvalue weighted by molar-refractivity contribution is -0.126. The van der Waals surface area contributed by atoms with Crippen molar-refractivity contribution >= 4 is 36.2 Å². The molecule has 27 heavy (non-hydrogen) atoms. The fourth-order valence-corrected chi connectivity index (χ4v) is 3.98. The van der Waals surface area contributed by atoms with E-state index in [4.69, 9.17) is 11.8 Å². The zero-order valence-corrected chi connectivity index (χ0v) is 18.0. The maximum Gasteiger partial charge on any atom is 0.330 e. The molecule has 0 aromatic heterocycles. The molecule has 4 amide bonds. The summed E-state index contributed by atoms with van der Waals surface area (Å²) in [4.78, 5) is 47.5. The molecule has 1 rings (SSSR count). The van der Waals surface area contributed by atoms with E-state index in [-0.39, 0.29) is 12.3 Å². The Morgan fingerprint density at radius 1 is 1.11 bits per heavy atom. The Morgan fingerprint density at radius 2 is 1.74 bits per heavy atom. The number of hydrogen-bond donors (Lipinski definition) is 2. The molecule has 0 saturated carbocycles. The Kier molecular flexibility index (Phi) is 9.09. The van der Waals surface area contributed by atoms with Crippen molar-refractivity contribution in [2.24, 2.45) is 0 Å². The summed E-state index contributed by atoms with van der Waals surface area (Å²) in [6, 6.07) is 5.98. The Balaban J connectivity index is 2.74. The molecule has 0 aliphatic heterocycles. The predicted molar refractivity (Wildman–Crippen MR) is 110 cm³/mol. The van der Waals surface area contributed by atoms with E-state index >= 15 is 0 Å². The Hall–Kier alpha value is -1.76. The SMILES string of the molecule is CCCCCCC(=O)N(C)P(O)(=S)N(C)C(=O)NC(=O)c1ccccc1C. The van der Waals surface area contributed by atoms with Gasteiger partial charge in [-0.15, -0.1) is 0 Å². The lowest BCUT2D eigenvalue weighted by Gasteiger charge is -2.33. The number of aryl methyl sites for hydroxylation is 1. The summed E-state index contributed by atoms with van der Waals surface area (Å²) in [5.74, 6) is -0.907. The highest BCUT2D eigenvalue weighted by atomic mass is 32.5. The lowest BCUT2D eigenvalue weighted by Crippen LogP contribution is -2.42. The second kappa shape index (κ2) is 10.5. The van der Waals surface area contributed by atoms with Gasteiger partial charge in [-0.05, 0) is 36.8 Å². The van der Waals surface area contributed by atoms with Crippen LogP contribution in [0.4, 0.5) is 4.79 Å². The normalized spacial score (nSPS) is 12.8. The maximum atomic E-state index is 12.4. The number of imide groups is 1. The van der Waals surface area contributed by atoms with Crippen LogP contribution in [0.3, 0.4) is 0 Å². The monoisotopic (exact) mass is 413 g/mol.